The first-order chi connectivity index (χ1) is 10.2. The van der Waals surface area contributed by atoms with Crippen molar-refractivity contribution in [1.82, 2.24) is 4.90 Å². The Morgan fingerprint density at radius 2 is 1.86 bits per heavy atom. The minimum absolute atomic E-state index is 0.0349. The van der Waals surface area contributed by atoms with Crippen LogP contribution in [0.1, 0.15) is 34.6 Å². The minimum Gasteiger partial charge on any atom is -0.466 e. The molecule has 0 radical (unpaired) electrons. The molecule has 1 unspecified atom stereocenters. The van der Waals surface area contributed by atoms with Crippen LogP contribution >= 0.6 is 11.6 Å². The molecule has 1 aliphatic heterocycles. The number of amides is 2. The van der Waals surface area contributed by atoms with Gasteiger partial charge in [0.25, 0.3) is 17.4 Å². The SMILES string of the molecule is CC(C)N(C(=O)C1(C)Oc2ccc(Cl)cc2NC1=O)C(C)C. The molecule has 2 amide bonds. The number of carbonyl (C=O) groups is 2. The lowest BCUT2D eigenvalue weighted by Gasteiger charge is -2.40. The van der Waals surface area contributed by atoms with Crippen LogP contribution in [0.25, 0.3) is 0 Å². The van der Waals surface area contributed by atoms with Crippen LogP contribution in [0.3, 0.4) is 0 Å². The maximum Gasteiger partial charge on any atom is 0.278 e. The summed E-state index contributed by atoms with van der Waals surface area (Å²) in [5.74, 6) is -0.401. The molecule has 0 saturated carbocycles. The van der Waals surface area contributed by atoms with Gasteiger partial charge in [-0.2, -0.15) is 0 Å². The lowest BCUT2D eigenvalue weighted by atomic mass is 9.99. The monoisotopic (exact) mass is 324 g/mol. The van der Waals surface area contributed by atoms with Gasteiger partial charge in [0.1, 0.15) is 5.75 Å². The second-order valence-corrected chi connectivity index (χ2v) is 6.57. The molecule has 5 nitrogen and oxygen atoms in total. The third-order valence-corrected chi connectivity index (χ3v) is 3.93. The third kappa shape index (κ3) is 2.77. The molecule has 0 fully saturated rings. The van der Waals surface area contributed by atoms with E-state index in [1.807, 2.05) is 27.7 Å². The summed E-state index contributed by atoms with van der Waals surface area (Å²) < 4.78 is 5.77. The number of ether oxygens (including phenoxy) is 1. The molecule has 0 aromatic heterocycles. The predicted molar refractivity (Wildman–Crippen MR) is 86.2 cm³/mol. The van der Waals surface area contributed by atoms with Gasteiger partial charge in [-0.25, -0.2) is 0 Å². The highest BCUT2D eigenvalue weighted by Crippen LogP contribution is 2.36. The summed E-state index contributed by atoms with van der Waals surface area (Å²) in [6.45, 7) is 9.15. The Hall–Kier alpha value is -1.75. The zero-order valence-electron chi connectivity index (χ0n) is 13.4. The normalized spacial score (nSPS) is 20.5. The lowest BCUT2D eigenvalue weighted by molar-refractivity contribution is -0.157. The Bertz CT molecular complexity index is 607. The van der Waals surface area contributed by atoms with Crippen LogP contribution in [0.2, 0.25) is 5.02 Å². The number of hydrogen-bond donors (Lipinski definition) is 1. The molecule has 22 heavy (non-hydrogen) atoms. The van der Waals surface area contributed by atoms with Gasteiger partial charge < -0.3 is 15.0 Å². The second kappa shape index (κ2) is 5.80. The zero-order chi connectivity index (χ0) is 16.7. The van der Waals surface area contributed by atoms with E-state index in [4.69, 9.17) is 16.3 Å². The number of halogens is 1. The molecule has 1 atom stereocenters. The highest BCUT2D eigenvalue weighted by atomic mass is 35.5. The molecule has 1 heterocycles. The van der Waals surface area contributed by atoms with Crippen LogP contribution in [0.5, 0.6) is 5.75 Å². The number of anilines is 1. The molecule has 2 rings (SSSR count). The highest BCUT2D eigenvalue weighted by Gasteiger charge is 2.50. The Labute approximate surface area is 135 Å². The summed E-state index contributed by atoms with van der Waals surface area (Å²) in [5.41, 5.74) is -1.11. The molecule has 1 aromatic carbocycles. The van der Waals surface area contributed by atoms with Crippen molar-refractivity contribution in [1.29, 1.82) is 0 Å². The van der Waals surface area contributed by atoms with Gasteiger partial charge in [0.15, 0.2) is 0 Å². The number of benzene rings is 1. The highest BCUT2D eigenvalue weighted by molar-refractivity contribution is 6.31. The summed E-state index contributed by atoms with van der Waals surface area (Å²) in [6, 6.07) is 4.84. The Kier molecular flexibility index (Phi) is 4.38. The number of carbonyl (C=O) groups excluding carboxylic acids is 2. The van der Waals surface area contributed by atoms with Crippen molar-refractivity contribution in [3.8, 4) is 5.75 Å². The van der Waals surface area contributed by atoms with Crippen LogP contribution in [0.15, 0.2) is 18.2 Å². The quantitative estimate of drug-likeness (QED) is 0.869. The van der Waals surface area contributed by atoms with Gasteiger partial charge in [0.05, 0.1) is 5.69 Å². The van der Waals surface area contributed by atoms with E-state index >= 15 is 0 Å². The first kappa shape index (κ1) is 16.6. The molecule has 0 saturated heterocycles. The van der Waals surface area contributed by atoms with Gasteiger partial charge in [-0.1, -0.05) is 11.6 Å². The first-order valence-electron chi connectivity index (χ1n) is 7.29. The largest absolute Gasteiger partial charge is 0.466 e. The van der Waals surface area contributed by atoms with E-state index in [1.54, 1.807) is 23.1 Å². The topological polar surface area (TPSA) is 58.6 Å². The van der Waals surface area contributed by atoms with E-state index in [-0.39, 0.29) is 18.0 Å². The number of nitrogens with one attached hydrogen (secondary N) is 1. The average molecular weight is 325 g/mol. The zero-order valence-corrected chi connectivity index (χ0v) is 14.2. The Morgan fingerprint density at radius 3 is 2.41 bits per heavy atom. The maximum atomic E-state index is 12.9. The van der Waals surface area contributed by atoms with Crippen LogP contribution in [-0.4, -0.2) is 34.4 Å². The van der Waals surface area contributed by atoms with Crippen molar-refractivity contribution in [3.63, 3.8) is 0 Å². The van der Waals surface area contributed by atoms with Crippen molar-refractivity contribution < 1.29 is 14.3 Å². The van der Waals surface area contributed by atoms with Crippen molar-refractivity contribution in [2.45, 2.75) is 52.3 Å². The molecule has 0 bridgehead atoms. The molecule has 0 aliphatic carbocycles. The molecular formula is C16H21ClN2O3. The minimum atomic E-state index is -1.59. The first-order valence-corrected chi connectivity index (χ1v) is 7.67. The van der Waals surface area contributed by atoms with E-state index in [0.29, 0.717) is 16.5 Å². The molecule has 6 heteroatoms. The fraction of sp³-hybridized carbons (Fsp3) is 0.500. The van der Waals surface area contributed by atoms with E-state index in [1.165, 1.54) is 6.92 Å². The predicted octanol–water partition coefficient (Wildman–Crippen LogP) is 3.08. The van der Waals surface area contributed by atoms with Gasteiger partial charge in [-0.05, 0) is 52.8 Å². The van der Waals surface area contributed by atoms with Crippen LogP contribution in [0, 0.1) is 0 Å². The number of hydrogen-bond acceptors (Lipinski definition) is 3. The summed E-state index contributed by atoms with van der Waals surface area (Å²) in [5, 5.41) is 3.20. The summed E-state index contributed by atoms with van der Waals surface area (Å²) in [7, 11) is 0. The molecule has 0 spiro atoms. The molecule has 1 aromatic rings. The summed E-state index contributed by atoms with van der Waals surface area (Å²) >= 11 is 5.91. The van der Waals surface area contributed by atoms with Crippen molar-refractivity contribution >= 4 is 29.1 Å². The van der Waals surface area contributed by atoms with Crippen molar-refractivity contribution in [3.05, 3.63) is 23.2 Å². The van der Waals surface area contributed by atoms with E-state index < -0.39 is 11.5 Å². The third-order valence-electron chi connectivity index (χ3n) is 3.69. The van der Waals surface area contributed by atoms with Crippen molar-refractivity contribution in [2.24, 2.45) is 0 Å². The number of rotatable bonds is 3. The van der Waals surface area contributed by atoms with Crippen LogP contribution in [0.4, 0.5) is 5.69 Å². The maximum absolute atomic E-state index is 12.9. The van der Waals surface area contributed by atoms with Gasteiger partial charge >= 0.3 is 0 Å². The van der Waals surface area contributed by atoms with Crippen LogP contribution in [-0.2, 0) is 9.59 Å². The molecule has 1 aliphatic rings. The lowest BCUT2D eigenvalue weighted by Crippen LogP contribution is -2.62. The smallest absolute Gasteiger partial charge is 0.278 e. The fourth-order valence-electron chi connectivity index (χ4n) is 2.65. The number of fused-ring (bicyclic) bond motifs is 1. The second-order valence-electron chi connectivity index (χ2n) is 6.13. The van der Waals surface area contributed by atoms with E-state index in [9.17, 15) is 9.59 Å². The van der Waals surface area contributed by atoms with Gasteiger partial charge in [-0.15, -0.1) is 0 Å². The average Bonchev–Trinajstić information content (AvgIpc) is 2.39. The summed E-state index contributed by atoms with van der Waals surface area (Å²) in [6.07, 6.45) is 0. The van der Waals surface area contributed by atoms with Gasteiger partial charge in [-0.3, -0.25) is 9.59 Å². The van der Waals surface area contributed by atoms with E-state index in [0.717, 1.165) is 0 Å². The Morgan fingerprint density at radius 1 is 1.27 bits per heavy atom. The van der Waals surface area contributed by atoms with Crippen LogP contribution < -0.4 is 10.1 Å². The fourth-order valence-corrected chi connectivity index (χ4v) is 2.82. The van der Waals surface area contributed by atoms with E-state index in [2.05, 4.69) is 5.32 Å². The standard InChI is InChI=1S/C16H21ClN2O3/c1-9(2)19(10(3)4)15(21)16(5)14(20)18-12-8-11(17)6-7-13(12)22-16/h6-10H,1-5H3,(H,18,20). The molecule has 120 valence electrons. The molecular weight excluding hydrogens is 304 g/mol. The van der Waals surface area contributed by atoms with Crippen molar-refractivity contribution in [2.75, 3.05) is 5.32 Å². The van der Waals surface area contributed by atoms with Gasteiger partial charge in [0.2, 0.25) is 0 Å². The summed E-state index contributed by atoms with van der Waals surface area (Å²) in [4.78, 5) is 27.0. The van der Waals surface area contributed by atoms with Gasteiger partial charge in [0, 0.05) is 17.1 Å². The Balaban J connectivity index is 2.39. The number of nitrogens with zero attached hydrogens (tertiary/aromatic N) is 1. The molecule has 1 N–H and O–H groups in total.